The van der Waals surface area contributed by atoms with Crippen LogP contribution in [0.3, 0.4) is 0 Å². The number of aryl methyl sites for hydroxylation is 1. The first-order valence-corrected chi connectivity index (χ1v) is 23.4. The number of anilines is 2. The smallest absolute Gasteiger partial charge is 0.336 e. The van der Waals surface area contributed by atoms with Gasteiger partial charge in [-0.1, -0.05) is 66.8 Å². The summed E-state index contributed by atoms with van der Waals surface area (Å²) >= 11 is 0. The van der Waals surface area contributed by atoms with Crippen LogP contribution in [0.2, 0.25) is 0 Å². The van der Waals surface area contributed by atoms with Crippen LogP contribution in [0, 0.1) is 12.8 Å². The molecule has 7 rings (SSSR count). The van der Waals surface area contributed by atoms with Crippen molar-refractivity contribution in [2.75, 3.05) is 76.0 Å². The van der Waals surface area contributed by atoms with Crippen molar-refractivity contribution in [2.45, 2.75) is 53.0 Å². The molecular weight excluding hydrogens is 863 g/mol. The lowest BCUT2D eigenvalue weighted by atomic mass is 9.73. The molecule has 2 atom stereocenters. The summed E-state index contributed by atoms with van der Waals surface area (Å²) < 4.78 is 23.3. The molecule has 0 radical (unpaired) electrons. The van der Waals surface area contributed by atoms with Crippen molar-refractivity contribution in [3.8, 4) is 5.75 Å². The monoisotopic (exact) mass is 923 g/mol. The van der Waals surface area contributed by atoms with E-state index in [1.807, 2.05) is 94.4 Å². The molecule has 2 heterocycles. The standard InChI is InChI=1S/C54H61N5O9/c1-5-55-45-32-48-43(29-35(45)3)52(44-30-36(4)46(56-6-2)33-49(44)68-48)41-18-17-39(31-42(41)54(63)64)53(62)58-22-24-66-26-28-67-27-25-65-23-21-57-50(60)19-20-51(61)59-34-40-13-8-7-11-37(40)15-16-38-12-9-10-14-47(38)59/h7-18,29-33,43,52,56H,5-6,19-28,34H2,1-4H3,(H,57,60)(H,58,62)(H,63,64)/b16-15-,55-45-. The van der Waals surface area contributed by atoms with E-state index in [1.165, 1.54) is 6.07 Å². The lowest BCUT2D eigenvalue weighted by Crippen LogP contribution is -2.33. The number of carboxylic acid groups (broad SMARTS) is 1. The number of fused-ring (bicyclic) bond motifs is 4. The zero-order chi connectivity index (χ0) is 48.0. The van der Waals surface area contributed by atoms with Crippen molar-refractivity contribution in [1.29, 1.82) is 0 Å². The molecule has 1 aliphatic carbocycles. The Kier molecular flexibility index (Phi) is 17.1. The highest BCUT2D eigenvalue weighted by molar-refractivity contribution is 6.09. The summed E-state index contributed by atoms with van der Waals surface area (Å²) in [7, 11) is 0. The number of ether oxygens (including phenoxy) is 4. The topological polar surface area (TPSA) is 177 Å². The fourth-order valence-corrected chi connectivity index (χ4v) is 8.70. The molecule has 0 bridgehead atoms. The summed E-state index contributed by atoms with van der Waals surface area (Å²) in [6.45, 7) is 12.1. The average molecular weight is 924 g/mol. The van der Waals surface area contributed by atoms with Gasteiger partial charge in [0.1, 0.15) is 11.5 Å². The van der Waals surface area contributed by atoms with Crippen LogP contribution in [0.1, 0.15) is 93.6 Å². The number of benzene rings is 4. The predicted molar refractivity (Wildman–Crippen MR) is 265 cm³/mol. The number of carboxylic acids is 1. The normalized spacial score (nSPS) is 16.9. The first kappa shape index (κ1) is 49.0. The quantitative estimate of drug-likeness (QED) is 0.0600. The third kappa shape index (κ3) is 12.2. The van der Waals surface area contributed by atoms with E-state index in [1.54, 1.807) is 17.0 Å². The van der Waals surface area contributed by atoms with E-state index in [-0.39, 0.29) is 60.8 Å². The number of hydrogen-bond acceptors (Lipinski definition) is 10. The first-order valence-electron chi connectivity index (χ1n) is 23.4. The van der Waals surface area contributed by atoms with Crippen LogP contribution in [0.15, 0.2) is 107 Å². The van der Waals surface area contributed by atoms with Gasteiger partial charge in [0.15, 0.2) is 0 Å². The molecule has 4 aromatic carbocycles. The molecule has 0 saturated heterocycles. The number of aromatic carboxylic acids is 1. The second-order valence-corrected chi connectivity index (χ2v) is 16.7. The number of aliphatic imine (C=N–C) groups is 1. The molecule has 3 amide bonds. The third-order valence-electron chi connectivity index (χ3n) is 12.1. The van der Waals surface area contributed by atoms with Crippen molar-refractivity contribution < 1.29 is 43.2 Å². The van der Waals surface area contributed by atoms with E-state index >= 15 is 0 Å². The van der Waals surface area contributed by atoms with Gasteiger partial charge >= 0.3 is 5.97 Å². The summed E-state index contributed by atoms with van der Waals surface area (Å²) in [5, 5.41) is 19.6. The summed E-state index contributed by atoms with van der Waals surface area (Å²) in [6.07, 6.45) is 8.28. The van der Waals surface area contributed by atoms with E-state index in [0.29, 0.717) is 69.7 Å². The molecule has 2 aliphatic heterocycles. The maximum atomic E-state index is 13.4. The Morgan fingerprint density at radius 3 is 2.22 bits per heavy atom. The molecule has 356 valence electrons. The Hall–Kier alpha value is -6.87. The fraction of sp³-hybridized carbons (Fsp3) is 0.352. The third-order valence-corrected chi connectivity index (χ3v) is 12.1. The van der Waals surface area contributed by atoms with Crippen molar-refractivity contribution >= 4 is 52.9 Å². The van der Waals surface area contributed by atoms with Gasteiger partial charge in [-0.3, -0.25) is 19.4 Å². The van der Waals surface area contributed by atoms with Crippen LogP contribution in [-0.4, -0.2) is 100 Å². The largest absolute Gasteiger partial charge is 0.478 e. The van der Waals surface area contributed by atoms with Gasteiger partial charge in [-0.2, -0.15) is 0 Å². The van der Waals surface area contributed by atoms with Gasteiger partial charge in [0, 0.05) is 79.8 Å². The van der Waals surface area contributed by atoms with Gasteiger partial charge in [0.05, 0.1) is 63.1 Å². The minimum atomic E-state index is -1.13. The van der Waals surface area contributed by atoms with E-state index < -0.39 is 11.9 Å². The number of rotatable bonds is 21. The van der Waals surface area contributed by atoms with Gasteiger partial charge < -0.3 is 44.9 Å². The number of nitrogens with zero attached hydrogens (tertiary/aromatic N) is 2. The van der Waals surface area contributed by atoms with Crippen molar-refractivity contribution in [2.24, 2.45) is 10.9 Å². The SMILES string of the molecule is CC/N=C1/C=C2Oc3cc(NCC)c(C)cc3C(c3ccc(C(=O)NCCOCCOCCOCCNC(=O)CCC(=O)N4Cc5ccccc5/C=C\c5ccccc54)cc3C(=O)O)C2C=C1C. The van der Waals surface area contributed by atoms with E-state index in [0.717, 1.165) is 57.0 Å². The second kappa shape index (κ2) is 23.7. The molecule has 14 heteroatoms. The van der Waals surface area contributed by atoms with Crippen LogP contribution in [0.4, 0.5) is 11.4 Å². The molecule has 4 aromatic rings. The zero-order valence-electron chi connectivity index (χ0n) is 39.3. The molecule has 0 aromatic heterocycles. The number of allylic oxidation sites excluding steroid dienone is 3. The van der Waals surface area contributed by atoms with E-state index in [2.05, 4.69) is 39.2 Å². The molecule has 14 nitrogen and oxygen atoms in total. The van der Waals surface area contributed by atoms with Crippen LogP contribution in [-0.2, 0) is 30.3 Å². The Morgan fingerprint density at radius 1 is 0.794 bits per heavy atom. The average Bonchev–Trinajstić information content (AvgIpc) is 3.33. The molecule has 3 aliphatic rings. The highest BCUT2D eigenvalue weighted by atomic mass is 16.5. The van der Waals surface area contributed by atoms with E-state index in [4.69, 9.17) is 18.9 Å². The minimum Gasteiger partial charge on any atom is -0.478 e. The van der Waals surface area contributed by atoms with Crippen LogP contribution in [0.5, 0.6) is 5.75 Å². The van der Waals surface area contributed by atoms with E-state index in [9.17, 15) is 24.3 Å². The summed E-state index contributed by atoms with van der Waals surface area (Å²) in [6, 6.07) is 24.6. The number of nitrogens with one attached hydrogen (secondary N) is 3. The number of para-hydroxylation sites is 1. The lowest BCUT2D eigenvalue weighted by Gasteiger charge is -2.37. The zero-order valence-corrected chi connectivity index (χ0v) is 39.3. The van der Waals surface area contributed by atoms with Gasteiger partial charge in [-0.15, -0.1) is 0 Å². The number of hydrogen-bond donors (Lipinski definition) is 4. The maximum Gasteiger partial charge on any atom is 0.336 e. The fourth-order valence-electron chi connectivity index (χ4n) is 8.70. The van der Waals surface area contributed by atoms with Crippen LogP contribution < -0.4 is 25.6 Å². The Balaban J connectivity index is 0.801. The molecule has 2 unspecified atom stereocenters. The molecule has 0 saturated carbocycles. The van der Waals surface area contributed by atoms with Crippen LogP contribution >= 0.6 is 0 Å². The predicted octanol–water partition coefficient (Wildman–Crippen LogP) is 7.96. The minimum absolute atomic E-state index is 0.0453. The lowest BCUT2D eigenvalue weighted by molar-refractivity contribution is -0.125. The van der Waals surface area contributed by atoms with Crippen molar-refractivity contribution in [1.82, 2.24) is 10.6 Å². The maximum absolute atomic E-state index is 13.4. The Morgan fingerprint density at radius 2 is 1.49 bits per heavy atom. The Bertz CT molecular complexity index is 2620. The highest BCUT2D eigenvalue weighted by Gasteiger charge is 2.39. The van der Waals surface area contributed by atoms with Crippen LogP contribution in [0.25, 0.3) is 12.2 Å². The second-order valence-electron chi connectivity index (χ2n) is 16.7. The highest BCUT2D eigenvalue weighted by Crippen LogP contribution is 2.50. The molecule has 0 fully saturated rings. The number of carbonyl (C=O) groups excluding carboxylic acids is 3. The summed E-state index contributed by atoms with van der Waals surface area (Å²) in [5.74, 6) is -1.20. The van der Waals surface area contributed by atoms with Crippen molar-refractivity contribution in [3.63, 3.8) is 0 Å². The summed E-state index contributed by atoms with van der Waals surface area (Å²) in [5.41, 5.74) is 9.38. The van der Waals surface area contributed by atoms with Gasteiger partial charge in [-0.05, 0) is 85.4 Å². The molecular formula is C54H61N5O9. The van der Waals surface area contributed by atoms with Crippen molar-refractivity contribution in [3.05, 3.63) is 147 Å². The Labute approximate surface area is 398 Å². The summed E-state index contributed by atoms with van der Waals surface area (Å²) in [4.78, 5) is 58.5. The molecule has 68 heavy (non-hydrogen) atoms. The van der Waals surface area contributed by atoms with Gasteiger partial charge in [0.25, 0.3) is 5.91 Å². The first-order chi connectivity index (χ1) is 33.1. The van der Waals surface area contributed by atoms with Gasteiger partial charge in [-0.25, -0.2) is 4.79 Å². The molecule has 0 spiro atoms. The number of amides is 3. The number of carbonyl (C=O) groups is 4. The molecule has 4 N–H and O–H groups in total. The van der Waals surface area contributed by atoms with Gasteiger partial charge in [0.2, 0.25) is 11.8 Å².